The van der Waals surface area contributed by atoms with Crippen molar-refractivity contribution in [2.75, 3.05) is 19.8 Å². The Morgan fingerprint density at radius 3 is 2.76 bits per heavy atom. The van der Waals surface area contributed by atoms with Gasteiger partial charge in [0.05, 0.1) is 26.4 Å². The van der Waals surface area contributed by atoms with Gasteiger partial charge in [0.1, 0.15) is 0 Å². The van der Waals surface area contributed by atoms with Crippen LogP contribution in [0.15, 0.2) is 24.3 Å². The molecule has 0 aromatic heterocycles. The fraction of sp³-hybridized carbons (Fsp3) is 0.538. The Hall–Kier alpha value is -0.610. The molecular formula is C13H17ClO3. The average molecular weight is 257 g/mol. The van der Waals surface area contributed by atoms with Gasteiger partial charge in [0.15, 0.2) is 6.29 Å². The number of rotatable bonds is 5. The fourth-order valence-corrected chi connectivity index (χ4v) is 1.87. The van der Waals surface area contributed by atoms with E-state index in [0.717, 1.165) is 36.6 Å². The molecule has 1 aliphatic heterocycles. The van der Waals surface area contributed by atoms with Gasteiger partial charge in [-0.15, -0.1) is 0 Å². The van der Waals surface area contributed by atoms with Gasteiger partial charge >= 0.3 is 0 Å². The van der Waals surface area contributed by atoms with Crippen molar-refractivity contribution < 1.29 is 14.2 Å². The molecule has 0 atom stereocenters. The molecule has 0 bridgehead atoms. The maximum Gasteiger partial charge on any atom is 0.159 e. The number of ether oxygens (including phenoxy) is 3. The highest BCUT2D eigenvalue weighted by atomic mass is 35.5. The largest absolute Gasteiger partial charge is 0.377 e. The molecule has 0 saturated carbocycles. The molecule has 0 amide bonds. The highest BCUT2D eigenvalue weighted by Gasteiger charge is 2.13. The van der Waals surface area contributed by atoms with Crippen LogP contribution < -0.4 is 0 Å². The van der Waals surface area contributed by atoms with E-state index in [-0.39, 0.29) is 6.29 Å². The number of benzene rings is 1. The first kappa shape index (κ1) is 12.8. The van der Waals surface area contributed by atoms with E-state index >= 15 is 0 Å². The second kappa shape index (κ2) is 6.97. The molecule has 1 aliphatic rings. The van der Waals surface area contributed by atoms with Gasteiger partial charge in [-0.25, -0.2) is 0 Å². The van der Waals surface area contributed by atoms with Crippen LogP contribution in [-0.4, -0.2) is 26.1 Å². The average Bonchev–Trinajstić information content (AvgIpc) is 2.38. The summed E-state index contributed by atoms with van der Waals surface area (Å²) in [6.07, 6.45) is 1.65. The number of halogens is 1. The summed E-state index contributed by atoms with van der Waals surface area (Å²) in [5.74, 6) is 0. The van der Waals surface area contributed by atoms with E-state index in [0.29, 0.717) is 13.2 Å². The number of hydrogen-bond acceptors (Lipinski definition) is 3. The third-order valence-corrected chi connectivity index (χ3v) is 2.98. The zero-order valence-electron chi connectivity index (χ0n) is 9.73. The lowest BCUT2D eigenvalue weighted by atomic mass is 10.2. The summed E-state index contributed by atoms with van der Waals surface area (Å²) < 4.78 is 16.4. The quantitative estimate of drug-likeness (QED) is 0.758. The van der Waals surface area contributed by atoms with Gasteiger partial charge in [0, 0.05) is 11.4 Å². The number of hydrogen-bond donors (Lipinski definition) is 0. The van der Waals surface area contributed by atoms with Gasteiger partial charge in [-0.2, -0.15) is 0 Å². The lowest BCUT2D eigenvalue weighted by molar-refractivity contribution is -0.186. The molecule has 0 unspecified atom stereocenters. The summed E-state index contributed by atoms with van der Waals surface area (Å²) in [7, 11) is 0. The summed E-state index contributed by atoms with van der Waals surface area (Å²) in [5, 5.41) is 0.748. The fourth-order valence-electron chi connectivity index (χ4n) is 1.68. The van der Waals surface area contributed by atoms with Crippen LogP contribution in [0.2, 0.25) is 5.02 Å². The van der Waals surface area contributed by atoms with Crippen molar-refractivity contribution in [3.05, 3.63) is 34.9 Å². The van der Waals surface area contributed by atoms with E-state index < -0.39 is 0 Å². The van der Waals surface area contributed by atoms with Crippen molar-refractivity contribution in [1.82, 2.24) is 0 Å². The molecule has 1 aromatic rings. The van der Waals surface area contributed by atoms with Crippen LogP contribution in [0.4, 0.5) is 0 Å². The van der Waals surface area contributed by atoms with Gasteiger partial charge in [-0.3, -0.25) is 0 Å². The molecule has 0 N–H and O–H groups in total. The van der Waals surface area contributed by atoms with E-state index in [1.807, 2.05) is 24.3 Å². The summed E-state index contributed by atoms with van der Waals surface area (Å²) in [6, 6.07) is 7.71. The van der Waals surface area contributed by atoms with Crippen LogP contribution in [0.1, 0.15) is 18.4 Å². The Bertz CT molecular complexity index is 337. The van der Waals surface area contributed by atoms with Crippen LogP contribution in [0, 0.1) is 0 Å². The Morgan fingerprint density at radius 2 is 2.00 bits per heavy atom. The molecule has 2 rings (SSSR count). The third kappa shape index (κ3) is 4.28. The summed E-state index contributed by atoms with van der Waals surface area (Å²) in [5.41, 5.74) is 1.01. The Labute approximate surface area is 107 Å². The van der Waals surface area contributed by atoms with Gasteiger partial charge in [0.2, 0.25) is 0 Å². The first-order chi connectivity index (χ1) is 8.36. The minimum Gasteiger partial charge on any atom is -0.377 e. The zero-order chi connectivity index (χ0) is 11.9. The van der Waals surface area contributed by atoms with Crippen LogP contribution in [-0.2, 0) is 20.8 Å². The molecule has 17 heavy (non-hydrogen) atoms. The molecule has 1 fully saturated rings. The van der Waals surface area contributed by atoms with Crippen LogP contribution >= 0.6 is 11.6 Å². The predicted molar refractivity (Wildman–Crippen MR) is 66.0 cm³/mol. The second-order valence-corrected chi connectivity index (χ2v) is 4.36. The normalized spacial score (nSPS) is 17.2. The molecule has 3 nitrogen and oxygen atoms in total. The van der Waals surface area contributed by atoms with Crippen LogP contribution in [0.5, 0.6) is 0 Å². The maximum absolute atomic E-state index is 6.02. The molecule has 4 heteroatoms. The SMILES string of the molecule is Clc1ccccc1COCCC1OCCCO1. The second-order valence-electron chi connectivity index (χ2n) is 3.96. The molecule has 1 saturated heterocycles. The van der Waals surface area contributed by atoms with E-state index in [9.17, 15) is 0 Å². The topological polar surface area (TPSA) is 27.7 Å². The Morgan fingerprint density at radius 1 is 1.24 bits per heavy atom. The predicted octanol–water partition coefficient (Wildman–Crippen LogP) is 3.01. The maximum atomic E-state index is 6.02. The minimum atomic E-state index is -0.102. The van der Waals surface area contributed by atoms with E-state index in [1.54, 1.807) is 0 Å². The monoisotopic (exact) mass is 256 g/mol. The van der Waals surface area contributed by atoms with Crippen molar-refractivity contribution in [3.8, 4) is 0 Å². The van der Waals surface area contributed by atoms with Gasteiger partial charge in [-0.1, -0.05) is 29.8 Å². The standard InChI is InChI=1S/C13H17ClO3/c14-12-5-2-1-4-11(12)10-15-9-6-13-16-7-3-8-17-13/h1-2,4-5,13H,3,6-10H2. The molecule has 1 aromatic carbocycles. The third-order valence-electron chi connectivity index (χ3n) is 2.61. The van der Waals surface area contributed by atoms with E-state index in [4.69, 9.17) is 25.8 Å². The zero-order valence-corrected chi connectivity index (χ0v) is 10.5. The van der Waals surface area contributed by atoms with Gasteiger partial charge < -0.3 is 14.2 Å². The first-order valence-corrected chi connectivity index (χ1v) is 6.28. The van der Waals surface area contributed by atoms with E-state index in [2.05, 4.69) is 0 Å². The van der Waals surface area contributed by atoms with Crippen molar-refractivity contribution in [1.29, 1.82) is 0 Å². The van der Waals surface area contributed by atoms with Crippen LogP contribution in [0.25, 0.3) is 0 Å². The molecular weight excluding hydrogens is 240 g/mol. The highest BCUT2D eigenvalue weighted by molar-refractivity contribution is 6.31. The van der Waals surface area contributed by atoms with Crippen molar-refractivity contribution in [3.63, 3.8) is 0 Å². The molecule has 94 valence electrons. The van der Waals surface area contributed by atoms with E-state index in [1.165, 1.54) is 0 Å². The highest BCUT2D eigenvalue weighted by Crippen LogP contribution is 2.16. The lowest BCUT2D eigenvalue weighted by Crippen LogP contribution is -2.26. The molecule has 0 radical (unpaired) electrons. The van der Waals surface area contributed by atoms with Crippen LogP contribution in [0.3, 0.4) is 0 Å². The van der Waals surface area contributed by atoms with Gasteiger partial charge in [-0.05, 0) is 18.1 Å². The summed E-state index contributed by atoms with van der Waals surface area (Å²) in [4.78, 5) is 0. The van der Waals surface area contributed by atoms with Crippen molar-refractivity contribution >= 4 is 11.6 Å². The first-order valence-electron chi connectivity index (χ1n) is 5.90. The molecule has 0 aliphatic carbocycles. The Kier molecular flexibility index (Phi) is 5.26. The summed E-state index contributed by atoms with van der Waals surface area (Å²) in [6.45, 7) is 2.73. The lowest BCUT2D eigenvalue weighted by Gasteiger charge is -2.22. The van der Waals surface area contributed by atoms with Gasteiger partial charge in [0.25, 0.3) is 0 Å². The van der Waals surface area contributed by atoms with Crippen molar-refractivity contribution in [2.45, 2.75) is 25.7 Å². The Balaban J connectivity index is 1.64. The molecule has 0 spiro atoms. The molecule has 1 heterocycles. The summed E-state index contributed by atoms with van der Waals surface area (Å²) >= 11 is 6.02. The van der Waals surface area contributed by atoms with Crippen molar-refractivity contribution in [2.24, 2.45) is 0 Å². The smallest absolute Gasteiger partial charge is 0.159 e. The minimum absolute atomic E-state index is 0.102.